The summed E-state index contributed by atoms with van der Waals surface area (Å²) in [4.78, 5) is 38.3. The van der Waals surface area contributed by atoms with Gasteiger partial charge in [-0.1, -0.05) is 318 Å². The highest BCUT2D eigenvalue weighted by atomic mass is 16.6. The minimum absolute atomic E-state index is 0.0632. The third-order valence-corrected chi connectivity index (χ3v) is 15.7. The van der Waals surface area contributed by atoms with Crippen molar-refractivity contribution in [2.24, 2.45) is 17.8 Å². The Kier molecular flexibility index (Phi) is 53.9. The quantitative estimate of drug-likeness (QED) is 0.0343. The highest BCUT2D eigenvalue weighted by Gasteiger charge is 2.19. The molecule has 0 aliphatic rings. The summed E-state index contributed by atoms with van der Waals surface area (Å²) in [6.07, 6.45) is 59.5. The first-order chi connectivity index (χ1) is 34.2. The molecule has 0 aliphatic carbocycles. The molecule has 0 rings (SSSR count). The van der Waals surface area contributed by atoms with Crippen molar-refractivity contribution in [3.05, 3.63) is 0 Å². The van der Waals surface area contributed by atoms with Crippen molar-refractivity contribution >= 4 is 17.9 Å². The van der Waals surface area contributed by atoms with Gasteiger partial charge in [0.15, 0.2) is 6.10 Å². The van der Waals surface area contributed by atoms with Gasteiger partial charge in [-0.25, -0.2) is 0 Å². The summed E-state index contributed by atoms with van der Waals surface area (Å²) in [5, 5.41) is 0. The first-order valence-corrected chi connectivity index (χ1v) is 31.7. The molecule has 0 spiro atoms. The smallest absolute Gasteiger partial charge is 0.306 e. The monoisotopic (exact) mass is 989 g/mol. The fraction of sp³-hybridized carbons (Fsp3) is 0.953. The van der Waals surface area contributed by atoms with E-state index in [1.54, 1.807) is 0 Å². The summed E-state index contributed by atoms with van der Waals surface area (Å²) in [5.41, 5.74) is 0. The van der Waals surface area contributed by atoms with Gasteiger partial charge in [0.1, 0.15) is 13.2 Å². The Labute approximate surface area is 438 Å². The van der Waals surface area contributed by atoms with Crippen molar-refractivity contribution < 1.29 is 28.6 Å². The largest absolute Gasteiger partial charge is 0.462 e. The van der Waals surface area contributed by atoms with Crippen LogP contribution >= 0.6 is 0 Å². The average molecular weight is 990 g/mol. The third-order valence-electron chi connectivity index (χ3n) is 15.7. The summed E-state index contributed by atoms with van der Waals surface area (Å²) in [6.45, 7) is 13.9. The van der Waals surface area contributed by atoms with Crippen molar-refractivity contribution in [2.45, 2.75) is 362 Å². The van der Waals surface area contributed by atoms with Gasteiger partial charge >= 0.3 is 17.9 Å². The van der Waals surface area contributed by atoms with E-state index >= 15 is 0 Å². The molecule has 0 fully saturated rings. The van der Waals surface area contributed by atoms with E-state index in [2.05, 4.69) is 41.5 Å². The van der Waals surface area contributed by atoms with Crippen LogP contribution in [0.4, 0.5) is 0 Å². The molecule has 70 heavy (non-hydrogen) atoms. The van der Waals surface area contributed by atoms with Crippen LogP contribution in [-0.2, 0) is 28.6 Å². The molecule has 0 N–H and O–H groups in total. The summed E-state index contributed by atoms with van der Waals surface area (Å²) >= 11 is 0. The van der Waals surface area contributed by atoms with Crippen molar-refractivity contribution in [1.29, 1.82) is 0 Å². The Bertz CT molecular complexity index is 1090. The molecule has 416 valence electrons. The zero-order chi connectivity index (χ0) is 51.2. The molecule has 6 nitrogen and oxygen atoms in total. The van der Waals surface area contributed by atoms with Crippen LogP contribution < -0.4 is 0 Å². The maximum atomic E-state index is 12.9. The minimum atomic E-state index is -0.765. The Balaban J connectivity index is 4.25. The number of ether oxygens (including phenoxy) is 3. The molecule has 3 unspecified atom stereocenters. The maximum Gasteiger partial charge on any atom is 0.306 e. The number of carbonyl (C=O) groups excluding carboxylic acids is 3. The summed E-state index contributed by atoms with van der Waals surface area (Å²) < 4.78 is 16.9. The fourth-order valence-corrected chi connectivity index (χ4v) is 9.79. The molecule has 4 atom stereocenters. The molecule has 0 aromatic carbocycles. The molecule has 0 saturated heterocycles. The van der Waals surface area contributed by atoms with Gasteiger partial charge < -0.3 is 14.2 Å². The zero-order valence-corrected chi connectivity index (χ0v) is 48.3. The van der Waals surface area contributed by atoms with E-state index in [9.17, 15) is 14.4 Å². The molecule has 0 aliphatic heterocycles. The van der Waals surface area contributed by atoms with Gasteiger partial charge in [0.2, 0.25) is 0 Å². The molecule has 0 heterocycles. The van der Waals surface area contributed by atoms with Crippen LogP contribution in [0.1, 0.15) is 356 Å². The number of rotatable bonds is 57. The highest BCUT2D eigenvalue weighted by Crippen LogP contribution is 2.20. The maximum absolute atomic E-state index is 12.9. The summed E-state index contributed by atoms with van der Waals surface area (Å²) in [6, 6.07) is 0. The predicted molar refractivity (Wildman–Crippen MR) is 303 cm³/mol. The molecular formula is C64H124O6. The second-order valence-electron chi connectivity index (χ2n) is 22.8. The van der Waals surface area contributed by atoms with E-state index in [4.69, 9.17) is 14.2 Å². The average Bonchev–Trinajstić information content (AvgIpc) is 3.36. The number of esters is 3. The van der Waals surface area contributed by atoms with Crippen molar-refractivity contribution in [3.8, 4) is 0 Å². The molecule has 0 amide bonds. The molecule has 0 bridgehead atoms. The van der Waals surface area contributed by atoms with E-state index < -0.39 is 6.10 Å². The first kappa shape index (κ1) is 68.4. The lowest BCUT2D eigenvalue weighted by atomic mass is 9.99. The van der Waals surface area contributed by atoms with Gasteiger partial charge in [0.25, 0.3) is 0 Å². The molecule has 6 heteroatoms. The molecular weight excluding hydrogens is 865 g/mol. The van der Waals surface area contributed by atoms with E-state index in [1.807, 2.05) is 0 Å². The minimum Gasteiger partial charge on any atom is -0.462 e. The molecule has 0 saturated carbocycles. The van der Waals surface area contributed by atoms with Gasteiger partial charge in [-0.3, -0.25) is 14.4 Å². The first-order valence-electron chi connectivity index (χ1n) is 31.7. The topological polar surface area (TPSA) is 78.9 Å². The lowest BCUT2D eigenvalue weighted by Crippen LogP contribution is -2.30. The standard InChI is InChI=1S/C64H124O6/c1-7-58(4)50-44-38-32-26-22-18-14-12-10-11-13-15-21-25-29-37-43-49-55-64(67)70-61(57-69-63(66)54-48-42-36-31-30-34-40-46-52-60(6)9-3)56-68-62(65)53-47-41-35-28-24-20-17-16-19-23-27-33-39-45-51-59(5)8-2/h58-61H,7-57H2,1-6H3/t58?,59?,60?,61-/m0/s1. The number of hydrogen-bond acceptors (Lipinski definition) is 6. The lowest BCUT2D eigenvalue weighted by molar-refractivity contribution is -0.167. The van der Waals surface area contributed by atoms with Crippen LogP contribution in [0.2, 0.25) is 0 Å². The van der Waals surface area contributed by atoms with E-state index in [0.29, 0.717) is 19.3 Å². The highest BCUT2D eigenvalue weighted by molar-refractivity contribution is 5.71. The normalized spacial score (nSPS) is 13.3. The zero-order valence-electron chi connectivity index (χ0n) is 48.3. The van der Waals surface area contributed by atoms with Crippen molar-refractivity contribution in [2.75, 3.05) is 13.2 Å². The Morgan fingerprint density at radius 1 is 0.271 bits per heavy atom. The number of carbonyl (C=O) groups is 3. The van der Waals surface area contributed by atoms with Gasteiger partial charge in [-0.2, -0.15) is 0 Å². The van der Waals surface area contributed by atoms with Crippen LogP contribution in [0.25, 0.3) is 0 Å². The fourth-order valence-electron chi connectivity index (χ4n) is 9.79. The van der Waals surface area contributed by atoms with Gasteiger partial charge in [0.05, 0.1) is 0 Å². The predicted octanol–water partition coefficient (Wildman–Crippen LogP) is 21.1. The second kappa shape index (κ2) is 55.2. The van der Waals surface area contributed by atoms with Crippen LogP contribution in [0.5, 0.6) is 0 Å². The number of unbranched alkanes of at least 4 members (excludes halogenated alkanes) is 37. The molecule has 0 aromatic rings. The Morgan fingerprint density at radius 2 is 0.457 bits per heavy atom. The van der Waals surface area contributed by atoms with E-state index in [0.717, 1.165) is 75.5 Å². The van der Waals surface area contributed by atoms with Crippen LogP contribution in [0, 0.1) is 17.8 Å². The molecule has 0 aromatic heterocycles. The summed E-state index contributed by atoms with van der Waals surface area (Å²) in [5.74, 6) is 1.81. The van der Waals surface area contributed by atoms with E-state index in [1.165, 1.54) is 238 Å². The second-order valence-corrected chi connectivity index (χ2v) is 22.8. The van der Waals surface area contributed by atoms with Crippen LogP contribution in [0.3, 0.4) is 0 Å². The van der Waals surface area contributed by atoms with Crippen molar-refractivity contribution in [3.63, 3.8) is 0 Å². The Morgan fingerprint density at radius 3 is 0.671 bits per heavy atom. The Hall–Kier alpha value is -1.59. The SMILES string of the molecule is CCC(C)CCCCCCCCCCCCCCCCCCCCC(=O)O[C@@H](COC(=O)CCCCCCCCCCCCCCCCC(C)CC)COC(=O)CCCCCCCCCCC(C)CC. The van der Waals surface area contributed by atoms with E-state index in [-0.39, 0.29) is 31.1 Å². The lowest BCUT2D eigenvalue weighted by Gasteiger charge is -2.18. The number of hydrogen-bond donors (Lipinski definition) is 0. The summed E-state index contributed by atoms with van der Waals surface area (Å²) in [7, 11) is 0. The third kappa shape index (κ3) is 52.7. The van der Waals surface area contributed by atoms with Gasteiger partial charge in [-0.15, -0.1) is 0 Å². The van der Waals surface area contributed by atoms with Gasteiger partial charge in [0, 0.05) is 19.3 Å². The van der Waals surface area contributed by atoms with Crippen molar-refractivity contribution in [1.82, 2.24) is 0 Å². The molecule has 0 radical (unpaired) electrons. The van der Waals surface area contributed by atoms with Crippen LogP contribution in [0.15, 0.2) is 0 Å². The van der Waals surface area contributed by atoms with Gasteiger partial charge in [-0.05, 0) is 37.0 Å². The van der Waals surface area contributed by atoms with Crippen LogP contribution in [-0.4, -0.2) is 37.2 Å².